The molecule has 0 aliphatic heterocycles. The van der Waals surface area contributed by atoms with Gasteiger partial charge in [-0.2, -0.15) is 5.10 Å². The van der Waals surface area contributed by atoms with E-state index in [1.807, 2.05) is 43.5 Å². The molecule has 0 saturated heterocycles. The zero-order chi connectivity index (χ0) is 25.2. The first kappa shape index (κ1) is 23.8. The Morgan fingerprint density at radius 1 is 1.14 bits per heavy atom. The summed E-state index contributed by atoms with van der Waals surface area (Å²) in [6, 6.07) is 10.0. The summed E-state index contributed by atoms with van der Waals surface area (Å²) in [5, 5.41) is 16.1. The Morgan fingerprint density at radius 3 is 2.72 bits per heavy atom. The first-order valence-electron chi connectivity index (χ1n) is 12.6. The number of allylic oxidation sites excluding steroid dienone is 6. The average Bonchev–Trinajstić information content (AvgIpc) is 3.38. The van der Waals surface area contributed by atoms with Crippen LogP contribution in [0.25, 0.3) is 33.7 Å². The van der Waals surface area contributed by atoms with Gasteiger partial charge in [-0.05, 0) is 55.0 Å². The van der Waals surface area contributed by atoms with E-state index in [2.05, 4.69) is 48.1 Å². The first-order valence-corrected chi connectivity index (χ1v) is 12.6. The van der Waals surface area contributed by atoms with Gasteiger partial charge < -0.3 is 15.8 Å². The van der Waals surface area contributed by atoms with E-state index in [4.69, 9.17) is 15.8 Å². The van der Waals surface area contributed by atoms with E-state index in [9.17, 15) is 5.11 Å². The van der Waals surface area contributed by atoms with Gasteiger partial charge in [-0.3, -0.25) is 9.67 Å². The lowest BCUT2D eigenvalue weighted by molar-refractivity contribution is 0.474. The summed E-state index contributed by atoms with van der Waals surface area (Å²) in [7, 11) is 0. The first-order chi connectivity index (χ1) is 17.5. The number of aromatic nitrogens is 5. The maximum Gasteiger partial charge on any atom is 0.173 e. The summed E-state index contributed by atoms with van der Waals surface area (Å²) in [4.78, 5) is 12.7. The van der Waals surface area contributed by atoms with Gasteiger partial charge >= 0.3 is 0 Å². The lowest BCUT2D eigenvalue weighted by Gasteiger charge is -2.14. The second-order valence-corrected chi connectivity index (χ2v) is 9.14. The number of nitrogens with zero attached hydrogens (tertiary/aromatic N) is 4. The van der Waals surface area contributed by atoms with Crippen LogP contribution in [-0.4, -0.2) is 29.8 Å². The molecular formula is C29H32N6O. The van der Waals surface area contributed by atoms with Gasteiger partial charge in [0.2, 0.25) is 0 Å². The molecule has 1 aliphatic carbocycles. The highest BCUT2D eigenvalue weighted by atomic mass is 16.3. The third-order valence-corrected chi connectivity index (χ3v) is 6.85. The summed E-state index contributed by atoms with van der Waals surface area (Å²) < 4.78 is 1.79. The van der Waals surface area contributed by atoms with Gasteiger partial charge in [-0.25, -0.2) is 4.98 Å². The minimum Gasteiger partial charge on any atom is -0.504 e. The van der Waals surface area contributed by atoms with Crippen molar-refractivity contribution in [1.82, 2.24) is 24.7 Å². The molecule has 7 heteroatoms. The molecule has 5 rings (SSSR count). The molecule has 1 aromatic carbocycles. The molecule has 0 bridgehead atoms. The number of nitrogens with one attached hydrogen (secondary N) is 1. The Balaban J connectivity index is 1.50. The molecule has 0 spiro atoms. The monoisotopic (exact) mass is 480 g/mol. The van der Waals surface area contributed by atoms with Crippen molar-refractivity contribution in [2.24, 2.45) is 5.73 Å². The van der Waals surface area contributed by atoms with Crippen LogP contribution in [0, 0.1) is 0 Å². The highest BCUT2D eigenvalue weighted by molar-refractivity contribution is 5.87. The smallest absolute Gasteiger partial charge is 0.173 e. The summed E-state index contributed by atoms with van der Waals surface area (Å²) in [5.74, 6) is 1.08. The number of aryl methyl sites for hydroxylation is 1. The SMILES string of the molecule is CCC(C)c1ncccc1C1=CCC=C(c2nn(CC)c(-c3nc4ccc(CN)cc4[nH]3)c2O)C=C1. The Labute approximate surface area is 211 Å². The second kappa shape index (κ2) is 9.95. The van der Waals surface area contributed by atoms with Crippen molar-refractivity contribution in [2.45, 2.75) is 52.6 Å². The van der Waals surface area contributed by atoms with Crippen LogP contribution in [0.5, 0.6) is 5.75 Å². The number of aromatic amines is 1. The summed E-state index contributed by atoms with van der Waals surface area (Å²) in [5.41, 5.74) is 13.9. The number of fused-ring (bicyclic) bond motifs is 1. The number of hydrogen-bond acceptors (Lipinski definition) is 5. The Morgan fingerprint density at radius 2 is 1.94 bits per heavy atom. The largest absolute Gasteiger partial charge is 0.504 e. The molecule has 184 valence electrons. The van der Waals surface area contributed by atoms with Crippen molar-refractivity contribution in [1.29, 1.82) is 0 Å². The zero-order valence-corrected chi connectivity index (χ0v) is 21.0. The summed E-state index contributed by atoms with van der Waals surface area (Å²) in [6.45, 7) is 7.46. The standard InChI is InChI=1S/C29H32N6O/c1-4-18(3)25-22(10-7-15-31-25)20-8-6-9-21(13-12-20)26-28(36)27(35(5-2)34-26)29-32-23-14-11-19(17-30)16-24(23)33-29/h7-16,18,36H,4-6,17,30H2,1-3H3,(H,32,33). The topological polar surface area (TPSA) is 106 Å². The molecule has 0 fully saturated rings. The number of pyridine rings is 1. The highest BCUT2D eigenvalue weighted by Gasteiger charge is 2.23. The number of nitrogens with two attached hydrogens (primary N) is 1. The van der Waals surface area contributed by atoms with Crippen LogP contribution in [0.2, 0.25) is 0 Å². The zero-order valence-electron chi connectivity index (χ0n) is 21.0. The third kappa shape index (κ3) is 4.27. The molecule has 3 aromatic heterocycles. The van der Waals surface area contributed by atoms with Gasteiger partial charge in [0, 0.05) is 30.4 Å². The van der Waals surface area contributed by atoms with Crippen LogP contribution in [0.15, 0.2) is 60.8 Å². The van der Waals surface area contributed by atoms with Crippen molar-refractivity contribution >= 4 is 22.2 Å². The summed E-state index contributed by atoms with van der Waals surface area (Å²) >= 11 is 0. The number of benzene rings is 1. The molecular weight excluding hydrogens is 448 g/mol. The lowest BCUT2D eigenvalue weighted by Crippen LogP contribution is -2.00. The van der Waals surface area contributed by atoms with Crippen molar-refractivity contribution in [3.05, 3.63) is 83.3 Å². The molecule has 36 heavy (non-hydrogen) atoms. The fraction of sp³-hybridized carbons (Fsp3) is 0.276. The number of rotatable bonds is 7. The minimum absolute atomic E-state index is 0.121. The van der Waals surface area contributed by atoms with Crippen molar-refractivity contribution in [3.63, 3.8) is 0 Å². The van der Waals surface area contributed by atoms with E-state index in [1.165, 1.54) is 0 Å². The average molecular weight is 481 g/mol. The van der Waals surface area contributed by atoms with Crippen LogP contribution in [0.1, 0.15) is 62.0 Å². The van der Waals surface area contributed by atoms with Gasteiger partial charge in [-0.1, -0.05) is 50.3 Å². The van der Waals surface area contributed by atoms with Gasteiger partial charge in [0.15, 0.2) is 11.6 Å². The second-order valence-electron chi connectivity index (χ2n) is 9.14. The normalized spacial score (nSPS) is 14.6. The predicted octanol–water partition coefficient (Wildman–Crippen LogP) is 5.95. The molecule has 4 aromatic rings. The molecule has 0 amide bonds. The van der Waals surface area contributed by atoms with Crippen LogP contribution < -0.4 is 5.73 Å². The number of aromatic hydroxyl groups is 1. The van der Waals surface area contributed by atoms with Crippen LogP contribution in [0.3, 0.4) is 0 Å². The maximum absolute atomic E-state index is 11.3. The number of imidazole rings is 1. The van der Waals surface area contributed by atoms with Crippen molar-refractivity contribution in [2.75, 3.05) is 0 Å². The molecule has 4 N–H and O–H groups in total. The molecule has 0 saturated carbocycles. The van der Waals surface area contributed by atoms with E-state index in [1.54, 1.807) is 4.68 Å². The van der Waals surface area contributed by atoms with E-state index >= 15 is 0 Å². The van der Waals surface area contributed by atoms with E-state index < -0.39 is 0 Å². The molecule has 1 aliphatic rings. The van der Waals surface area contributed by atoms with Crippen LogP contribution in [-0.2, 0) is 13.1 Å². The van der Waals surface area contributed by atoms with Gasteiger partial charge in [0.1, 0.15) is 11.4 Å². The molecule has 1 atom stereocenters. The van der Waals surface area contributed by atoms with Gasteiger partial charge in [-0.15, -0.1) is 0 Å². The fourth-order valence-electron chi connectivity index (χ4n) is 4.66. The number of hydrogen-bond donors (Lipinski definition) is 3. The van der Waals surface area contributed by atoms with E-state index in [0.29, 0.717) is 36.2 Å². The van der Waals surface area contributed by atoms with Gasteiger partial charge in [0.05, 0.1) is 16.7 Å². The van der Waals surface area contributed by atoms with E-state index in [-0.39, 0.29) is 5.75 Å². The van der Waals surface area contributed by atoms with E-state index in [0.717, 1.165) is 51.8 Å². The lowest BCUT2D eigenvalue weighted by atomic mass is 9.94. The van der Waals surface area contributed by atoms with Crippen molar-refractivity contribution < 1.29 is 5.11 Å². The molecule has 0 radical (unpaired) electrons. The third-order valence-electron chi connectivity index (χ3n) is 6.85. The van der Waals surface area contributed by atoms with Crippen LogP contribution >= 0.6 is 0 Å². The minimum atomic E-state index is 0.121. The van der Waals surface area contributed by atoms with Gasteiger partial charge in [0.25, 0.3) is 0 Å². The Bertz CT molecular complexity index is 1500. The molecule has 1 unspecified atom stereocenters. The maximum atomic E-state index is 11.3. The fourth-order valence-corrected chi connectivity index (χ4v) is 4.66. The molecule has 3 heterocycles. The quantitative estimate of drug-likeness (QED) is 0.303. The molecule has 7 nitrogen and oxygen atoms in total. The highest BCUT2D eigenvalue weighted by Crippen LogP contribution is 2.37. The summed E-state index contributed by atoms with van der Waals surface area (Å²) in [6.07, 6.45) is 12.1. The number of H-pyrrole nitrogens is 1. The predicted molar refractivity (Wildman–Crippen MR) is 145 cm³/mol. The van der Waals surface area contributed by atoms with Crippen molar-refractivity contribution in [3.8, 4) is 17.3 Å². The Kier molecular flexibility index (Phi) is 6.57. The van der Waals surface area contributed by atoms with Crippen LogP contribution in [0.4, 0.5) is 0 Å². The Hall–Kier alpha value is -3.97.